The summed E-state index contributed by atoms with van der Waals surface area (Å²) in [6.45, 7) is 9.85. The first kappa shape index (κ1) is 31.6. The second-order valence-electron chi connectivity index (χ2n) is 11.4. The molecule has 0 unspecified atom stereocenters. The number of ether oxygens (including phenoxy) is 2. The van der Waals surface area contributed by atoms with Gasteiger partial charge in [-0.2, -0.15) is 4.68 Å². The van der Waals surface area contributed by atoms with Crippen molar-refractivity contribution in [2.24, 2.45) is 7.05 Å². The van der Waals surface area contributed by atoms with E-state index >= 15 is 0 Å². The van der Waals surface area contributed by atoms with Crippen molar-refractivity contribution in [3.05, 3.63) is 75.7 Å². The quantitative estimate of drug-likeness (QED) is 0.178. The van der Waals surface area contributed by atoms with Crippen molar-refractivity contribution in [3.63, 3.8) is 0 Å². The standard InChI is InChI=1S/C32H34N8O7/c1-5-33-30(42)26-25(20-8-6-19(7-9-20)16-39-10-12-45-13-11-39)28(47-36-26)22-14-21(18(2)3)24(15-23(22)41)46-31(43)27-29-35-37-38(4)32(44)40(29)17-34-27/h6-9,14-15,17-18,41H,5,10-13,16H2,1-4H3,(H,33,42). The number of imidazole rings is 1. The van der Waals surface area contributed by atoms with E-state index in [1.165, 1.54) is 19.4 Å². The van der Waals surface area contributed by atoms with Gasteiger partial charge in [0.05, 0.1) is 24.3 Å². The van der Waals surface area contributed by atoms with Crippen molar-refractivity contribution in [2.75, 3.05) is 32.8 Å². The average molecular weight is 643 g/mol. The summed E-state index contributed by atoms with van der Waals surface area (Å²) in [6, 6.07) is 10.7. The zero-order valence-electron chi connectivity index (χ0n) is 26.4. The Morgan fingerprint density at radius 3 is 2.55 bits per heavy atom. The molecule has 0 atom stereocenters. The fourth-order valence-corrected chi connectivity index (χ4v) is 5.42. The number of nitrogens with zero attached hydrogens (tertiary/aromatic N) is 7. The molecule has 1 saturated heterocycles. The predicted molar refractivity (Wildman–Crippen MR) is 168 cm³/mol. The summed E-state index contributed by atoms with van der Waals surface area (Å²) in [5, 5.41) is 25.8. The first-order valence-corrected chi connectivity index (χ1v) is 15.2. The number of aromatic hydroxyl groups is 1. The lowest BCUT2D eigenvalue weighted by Crippen LogP contribution is -2.35. The summed E-state index contributed by atoms with van der Waals surface area (Å²) in [5.74, 6) is -1.52. The number of carbonyl (C=O) groups is 2. The Hall–Kier alpha value is -5.41. The van der Waals surface area contributed by atoms with Gasteiger partial charge in [0.2, 0.25) is 0 Å². The number of hydrogen-bond acceptors (Lipinski definition) is 12. The van der Waals surface area contributed by atoms with E-state index in [-0.39, 0.29) is 45.8 Å². The minimum Gasteiger partial charge on any atom is -0.507 e. The maximum atomic E-state index is 13.2. The Labute approximate surface area is 268 Å². The molecule has 0 radical (unpaired) electrons. The third-order valence-corrected chi connectivity index (χ3v) is 7.89. The predicted octanol–water partition coefficient (Wildman–Crippen LogP) is 2.78. The van der Waals surface area contributed by atoms with Gasteiger partial charge in [0.15, 0.2) is 22.8 Å². The summed E-state index contributed by atoms with van der Waals surface area (Å²) < 4.78 is 19.0. The van der Waals surface area contributed by atoms with Crippen LogP contribution in [0.1, 0.15) is 58.8 Å². The second kappa shape index (κ2) is 13.1. The molecule has 244 valence electrons. The number of amides is 1. The van der Waals surface area contributed by atoms with Gasteiger partial charge in [0.1, 0.15) is 17.8 Å². The van der Waals surface area contributed by atoms with Gasteiger partial charge in [-0.25, -0.2) is 19.0 Å². The minimum absolute atomic E-state index is 0.0646. The molecule has 1 aliphatic rings. The summed E-state index contributed by atoms with van der Waals surface area (Å²) in [4.78, 5) is 45.0. The van der Waals surface area contributed by atoms with Crippen LogP contribution in [0.3, 0.4) is 0 Å². The number of aryl methyl sites for hydroxylation is 1. The van der Waals surface area contributed by atoms with Crippen LogP contribution >= 0.6 is 0 Å². The van der Waals surface area contributed by atoms with Crippen molar-refractivity contribution < 1.29 is 28.7 Å². The van der Waals surface area contributed by atoms with Crippen molar-refractivity contribution in [1.82, 2.24) is 39.8 Å². The van der Waals surface area contributed by atoms with Crippen LogP contribution < -0.4 is 15.7 Å². The number of carbonyl (C=O) groups excluding carboxylic acids is 2. The topological polar surface area (TPSA) is 179 Å². The molecular formula is C32H34N8O7. The largest absolute Gasteiger partial charge is 0.507 e. The van der Waals surface area contributed by atoms with E-state index in [1.54, 1.807) is 13.0 Å². The molecule has 1 aliphatic heterocycles. The van der Waals surface area contributed by atoms with Crippen LogP contribution in [0.25, 0.3) is 28.1 Å². The van der Waals surface area contributed by atoms with Crippen LogP contribution in [0, 0.1) is 0 Å². The van der Waals surface area contributed by atoms with E-state index in [0.717, 1.165) is 34.3 Å². The first-order valence-electron chi connectivity index (χ1n) is 15.2. The average Bonchev–Trinajstić information content (AvgIpc) is 3.69. The van der Waals surface area contributed by atoms with E-state index in [9.17, 15) is 19.5 Å². The van der Waals surface area contributed by atoms with Gasteiger partial charge in [0.25, 0.3) is 5.91 Å². The van der Waals surface area contributed by atoms with E-state index in [4.69, 9.17) is 14.0 Å². The third-order valence-electron chi connectivity index (χ3n) is 7.89. The molecule has 15 heteroatoms. The molecule has 6 rings (SSSR count). The Morgan fingerprint density at radius 2 is 1.85 bits per heavy atom. The second-order valence-corrected chi connectivity index (χ2v) is 11.4. The fourth-order valence-electron chi connectivity index (χ4n) is 5.42. The number of esters is 1. The van der Waals surface area contributed by atoms with Crippen LogP contribution in [0.15, 0.2) is 52.0 Å². The number of aromatic nitrogens is 6. The van der Waals surface area contributed by atoms with Crippen molar-refractivity contribution in [2.45, 2.75) is 33.2 Å². The lowest BCUT2D eigenvalue weighted by atomic mass is 9.93. The molecule has 0 bridgehead atoms. The number of rotatable bonds is 9. The number of benzene rings is 2. The van der Waals surface area contributed by atoms with Gasteiger partial charge in [0, 0.05) is 39.3 Å². The monoisotopic (exact) mass is 642 g/mol. The van der Waals surface area contributed by atoms with Crippen LogP contribution in [-0.4, -0.2) is 84.3 Å². The number of phenols is 1. The molecule has 3 aromatic heterocycles. The Balaban J connectivity index is 1.37. The van der Waals surface area contributed by atoms with Gasteiger partial charge >= 0.3 is 11.7 Å². The summed E-state index contributed by atoms with van der Waals surface area (Å²) >= 11 is 0. The molecule has 0 saturated carbocycles. The molecule has 1 fully saturated rings. The van der Waals surface area contributed by atoms with E-state index in [0.29, 0.717) is 36.4 Å². The van der Waals surface area contributed by atoms with E-state index < -0.39 is 17.6 Å². The van der Waals surface area contributed by atoms with Gasteiger partial charge in [-0.1, -0.05) is 48.5 Å². The van der Waals surface area contributed by atoms with Crippen LogP contribution in [-0.2, 0) is 18.3 Å². The molecule has 0 aliphatic carbocycles. The number of hydrogen-bond donors (Lipinski definition) is 2. The SMILES string of the molecule is CCNC(=O)c1noc(-c2cc(C(C)C)c(OC(=O)c3ncn4c(=O)n(C)nnc34)cc2O)c1-c1ccc(CN2CCOCC2)cc1. The lowest BCUT2D eigenvalue weighted by molar-refractivity contribution is 0.0342. The van der Waals surface area contributed by atoms with E-state index in [2.05, 4.69) is 30.7 Å². The van der Waals surface area contributed by atoms with Crippen LogP contribution in [0.5, 0.6) is 11.5 Å². The Kier molecular flexibility index (Phi) is 8.82. The molecule has 2 N–H and O–H groups in total. The molecule has 4 heterocycles. The highest BCUT2D eigenvalue weighted by atomic mass is 16.5. The highest BCUT2D eigenvalue weighted by Crippen LogP contribution is 2.43. The molecular weight excluding hydrogens is 608 g/mol. The van der Waals surface area contributed by atoms with Crippen molar-refractivity contribution in [3.8, 4) is 33.9 Å². The smallest absolute Gasteiger partial charge is 0.366 e. The molecule has 0 spiro atoms. The number of fused-ring (bicyclic) bond motifs is 1. The number of morpholine rings is 1. The van der Waals surface area contributed by atoms with Gasteiger partial charge in [-0.15, -0.1) is 5.10 Å². The van der Waals surface area contributed by atoms with E-state index in [1.807, 2.05) is 38.1 Å². The highest BCUT2D eigenvalue weighted by molar-refractivity contribution is 6.02. The molecule has 5 aromatic rings. The molecule has 15 nitrogen and oxygen atoms in total. The maximum Gasteiger partial charge on any atom is 0.366 e. The first-order chi connectivity index (χ1) is 22.7. The van der Waals surface area contributed by atoms with Crippen LogP contribution in [0.2, 0.25) is 0 Å². The Morgan fingerprint density at radius 1 is 1.11 bits per heavy atom. The van der Waals surface area contributed by atoms with Crippen LogP contribution in [0.4, 0.5) is 0 Å². The molecule has 1 amide bonds. The maximum absolute atomic E-state index is 13.2. The molecule has 47 heavy (non-hydrogen) atoms. The zero-order chi connectivity index (χ0) is 33.2. The van der Waals surface area contributed by atoms with Crippen molar-refractivity contribution >= 4 is 17.5 Å². The minimum atomic E-state index is -0.889. The lowest BCUT2D eigenvalue weighted by Gasteiger charge is -2.26. The van der Waals surface area contributed by atoms with Gasteiger partial charge in [-0.05, 0) is 35.6 Å². The number of nitrogens with one attached hydrogen (secondary N) is 1. The highest BCUT2D eigenvalue weighted by Gasteiger charge is 2.28. The number of phenolic OH excluding ortho intramolecular Hbond substituents is 1. The fraction of sp³-hybridized carbons (Fsp3) is 0.344. The summed E-state index contributed by atoms with van der Waals surface area (Å²) in [6.07, 6.45) is 1.17. The summed E-state index contributed by atoms with van der Waals surface area (Å²) in [5.41, 5.74) is 2.25. The third kappa shape index (κ3) is 6.22. The van der Waals surface area contributed by atoms with Gasteiger partial charge < -0.3 is 24.4 Å². The summed E-state index contributed by atoms with van der Waals surface area (Å²) in [7, 11) is 1.42. The Bertz CT molecular complexity index is 2010. The zero-order valence-corrected chi connectivity index (χ0v) is 26.4. The van der Waals surface area contributed by atoms with Crippen molar-refractivity contribution in [1.29, 1.82) is 0 Å². The molecule has 2 aromatic carbocycles. The normalized spacial score (nSPS) is 13.7. The van der Waals surface area contributed by atoms with Gasteiger partial charge in [-0.3, -0.25) is 9.69 Å².